The maximum absolute atomic E-state index is 11.7. The average molecular weight is 237 g/mol. The quantitative estimate of drug-likeness (QED) is 0.782. The average Bonchev–Trinajstić information content (AvgIpc) is 2.29. The van der Waals surface area contributed by atoms with Gasteiger partial charge in [0.2, 0.25) is 5.91 Å². The van der Waals surface area contributed by atoms with Crippen LogP contribution in [0.25, 0.3) is 0 Å². The molecule has 5 nitrogen and oxygen atoms in total. The highest BCUT2D eigenvalue weighted by atomic mass is 16.5. The maximum atomic E-state index is 11.7. The summed E-state index contributed by atoms with van der Waals surface area (Å²) in [6.45, 7) is 2.70. The molecule has 0 atom stereocenters. The first-order valence-electron chi connectivity index (χ1n) is 5.07. The Hall–Kier alpha value is -2.04. The normalized spacial score (nSPS) is 10.8. The molecular formula is C12H15NO4. The van der Waals surface area contributed by atoms with Crippen molar-refractivity contribution in [2.75, 3.05) is 12.4 Å². The summed E-state index contributed by atoms with van der Waals surface area (Å²) in [6, 6.07) is 6.73. The Morgan fingerprint density at radius 1 is 1.35 bits per heavy atom. The van der Waals surface area contributed by atoms with Crippen molar-refractivity contribution >= 4 is 17.6 Å². The van der Waals surface area contributed by atoms with Gasteiger partial charge in [0.1, 0.15) is 11.2 Å². The molecule has 0 aliphatic rings. The van der Waals surface area contributed by atoms with E-state index in [0.29, 0.717) is 11.4 Å². The first-order chi connectivity index (χ1) is 7.87. The SMILES string of the molecule is COc1cccc(NC(=O)C(C)(C)C(=O)O)c1. The summed E-state index contributed by atoms with van der Waals surface area (Å²) in [5.41, 5.74) is -0.966. The van der Waals surface area contributed by atoms with Crippen molar-refractivity contribution in [2.24, 2.45) is 5.41 Å². The standard InChI is InChI=1S/C12H15NO4/c1-12(2,11(15)16)10(14)13-8-5-4-6-9(7-8)17-3/h4-7H,1-3H3,(H,13,14)(H,15,16). The van der Waals surface area contributed by atoms with Crippen LogP contribution in [0.2, 0.25) is 0 Å². The van der Waals surface area contributed by atoms with Crippen LogP contribution in [-0.4, -0.2) is 24.1 Å². The van der Waals surface area contributed by atoms with E-state index in [1.54, 1.807) is 24.3 Å². The number of benzene rings is 1. The summed E-state index contributed by atoms with van der Waals surface area (Å²) in [5.74, 6) is -1.15. The molecule has 92 valence electrons. The van der Waals surface area contributed by atoms with Crippen LogP contribution in [0.1, 0.15) is 13.8 Å². The van der Waals surface area contributed by atoms with Gasteiger partial charge in [-0.15, -0.1) is 0 Å². The van der Waals surface area contributed by atoms with E-state index in [0.717, 1.165) is 0 Å². The fourth-order valence-corrected chi connectivity index (χ4v) is 1.09. The van der Waals surface area contributed by atoms with Crippen molar-refractivity contribution in [1.82, 2.24) is 0 Å². The van der Waals surface area contributed by atoms with Gasteiger partial charge >= 0.3 is 5.97 Å². The lowest BCUT2D eigenvalue weighted by molar-refractivity contribution is -0.151. The van der Waals surface area contributed by atoms with Gasteiger partial charge in [-0.2, -0.15) is 0 Å². The molecule has 1 amide bonds. The van der Waals surface area contributed by atoms with Gasteiger partial charge in [-0.05, 0) is 26.0 Å². The van der Waals surface area contributed by atoms with Crippen LogP contribution >= 0.6 is 0 Å². The number of carbonyl (C=O) groups is 2. The van der Waals surface area contributed by atoms with Crippen molar-refractivity contribution in [3.8, 4) is 5.75 Å². The number of ether oxygens (including phenoxy) is 1. The molecule has 17 heavy (non-hydrogen) atoms. The molecule has 0 aromatic heterocycles. The lowest BCUT2D eigenvalue weighted by Gasteiger charge is -2.18. The summed E-state index contributed by atoms with van der Waals surface area (Å²) in [4.78, 5) is 22.6. The second-order valence-electron chi connectivity index (χ2n) is 4.12. The monoisotopic (exact) mass is 237 g/mol. The smallest absolute Gasteiger partial charge is 0.318 e. The predicted octanol–water partition coefficient (Wildman–Crippen LogP) is 1.74. The molecule has 1 aromatic rings. The Kier molecular flexibility index (Phi) is 3.73. The molecule has 0 saturated carbocycles. The number of methoxy groups -OCH3 is 1. The van der Waals surface area contributed by atoms with E-state index in [4.69, 9.17) is 9.84 Å². The van der Waals surface area contributed by atoms with E-state index in [1.807, 2.05) is 0 Å². The van der Waals surface area contributed by atoms with Crippen LogP contribution < -0.4 is 10.1 Å². The Morgan fingerprint density at radius 3 is 2.53 bits per heavy atom. The van der Waals surface area contributed by atoms with Crippen LogP contribution in [-0.2, 0) is 9.59 Å². The molecule has 1 rings (SSSR count). The Bertz CT molecular complexity index is 440. The summed E-state index contributed by atoms with van der Waals surface area (Å²) in [5, 5.41) is 11.4. The van der Waals surface area contributed by atoms with E-state index in [9.17, 15) is 9.59 Å². The van der Waals surface area contributed by atoms with Gasteiger partial charge < -0.3 is 15.2 Å². The predicted molar refractivity (Wildman–Crippen MR) is 63.0 cm³/mol. The third kappa shape index (κ3) is 2.96. The van der Waals surface area contributed by atoms with Gasteiger partial charge in [-0.25, -0.2) is 0 Å². The maximum Gasteiger partial charge on any atom is 0.318 e. The van der Waals surface area contributed by atoms with Crippen LogP contribution in [0.4, 0.5) is 5.69 Å². The highest BCUT2D eigenvalue weighted by Gasteiger charge is 2.35. The van der Waals surface area contributed by atoms with Gasteiger partial charge in [0.15, 0.2) is 0 Å². The summed E-state index contributed by atoms with van der Waals surface area (Å²) in [6.07, 6.45) is 0. The van der Waals surface area contributed by atoms with Crippen LogP contribution in [0.15, 0.2) is 24.3 Å². The summed E-state index contributed by atoms with van der Waals surface area (Å²) < 4.78 is 5.00. The number of nitrogens with one attached hydrogen (secondary N) is 1. The van der Waals surface area contributed by atoms with E-state index >= 15 is 0 Å². The van der Waals surface area contributed by atoms with Gasteiger partial charge in [-0.3, -0.25) is 9.59 Å². The van der Waals surface area contributed by atoms with Crippen molar-refractivity contribution in [3.05, 3.63) is 24.3 Å². The van der Waals surface area contributed by atoms with E-state index in [-0.39, 0.29) is 0 Å². The molecule has 0 spiro atoms. The molecular weight excluding hydrogens is 222 g/mol. The summed E-state index contributed by atoms with van der Waals surface area (Å²) in [7, 11) is 1.52. The number of hydrogen-bond donors (Lipinski definition) is 2. The molecule has 0 fully saturated rings. The molecule has 0 saturated heterocycles. The minimum absolute atomic E-state index is 0.503. The van der Waals surface area contributed by atoms with Crippen LogP contribution in [0.3, 0.4) is 0 Å². The molecule has 2 N–H and O–H groups in total. The Morgan fingerprint density at radius 2 is 2.00 bits per heavy atom. The van der Waals surface area contributed by atoms with E-state index in [2.05, 4.69) is 5.32 Å². The number of carbonyl (C=O) groups excluding carboxylic acids is 1. The topological polar surface area (TPSA) is 75.6 Å². The molecule has 0 heterocycles. The largest absolute Gasteiger partial charge is 0.497 e. The number of hydrogen-bond acceptors (Lipinski definition) is 3. The zero-order valence-electron chi connectivity index (χ0n) is 9.98. The van der Waals surface area contributed by atoms with Crippen molar-refractivity contribution in [3.63, 3.8) is 0 Å². The zero-order chi connectivity index (χ0) is 13.1. The third-order valence-corrected chi connectivity index (χ3v) is 2.43. The minimum atomic E-state index is -1.47. The minimum Gasteiger partial charge on any atom is -0.497 e. The fourth-order valence-electron chi connectivity index (χ4n) is 1.09. The molecule has 0 aliphatic carbocycles. The Labute approximate surface area is 99.4 Å². The summed E-state index contributed by atoms with van der Waals surface area (Å²) >= 11 is 0. The number of carboxylic acids is 1. The molecule has 0 unspecified atom stereocenters. The molecule has 1 aromatic carbocycles. The molecule has 0 bridgehead atoms. The van der Waals surface area contributed by atoms with E-state index < -0.39 is 17.3 Å². The van der Waals surface area contributed by atoms with E-state index in [1.165, 1.54) is 21.0 Å². The van der Waals surface area contributed by atoms with Crippen LogP contribution in [0.5, 0.6) is 5.75 Å². The van der Waals surface area contributed by atoms with Crippen molar-refractivity contribution in [2.45, 2.75) is 13.8 Å². The highest BCUT2D eigenvalue weighted by Crippen LogP contribution is 2.21. The fraction of sp³-hybridized carbons (Fsp3) is 0.333. The lowest BCUT2D eigenvalue weighted by Crippen LogP contribution is -2.37. The lowest BCUT2D eigenvalue weighted by atomic mass is 9.92. The zero-order valence-corrected chi connectivity index (χ0v) is 9.98. The number of anilines is 1. The number of carboxylic acid groups (broad SMARTS) is 1. The second kappa shape index (κ2) is 4.86. The van der Waals surface area contributed by atoms with Crippen molar-refractivity contribution < 1.29 is 19.4 Å². The van der Waals surface area contributed by atoms with Crippen molar-refractivity contribution in [1.29, 1.82) is 0 Å². The van der Waals surface area contributed by atoms with Crippen LogP contribution in [0, 0.1) is 5.41 Å². The van der Waals surface area contributed by atoms with Gasteiger partial charge in [0.25, 0.3) is 0 Å². The van der Waals surface area contributed by atoms with Gasteiger partial charge in [0, 0.05) is 11.8 Å². The number of amides is 1. The first kappa shape index (κ1) is 13.0. The molecule has 5 heteroatoms. The second-order valence-corrected chi connectivity index (χ2v) is 4.12. The Balaban J connectivity index is 2.84. The first-order valence-corrected chi connectivity index (χ1v) is 5.07. The van der Waals surface area contributed by atoms with Gasteiger partial charge in [0.05, 0.1) is 7.11 Å². The molecule has 0 aliphatic heterocycles. The highest BCUT2D eigenvalue weighted by molar-refractivity contribution is 6.07. The number of aliphatic carboxylic acids is 1. The molecule has 0 radical (unpaired) electrons. The van der Waals surface area contributed by atoms with Gasteiger partial charge in [-0.1, -0.05) is 6.07 Å². The third-order valence-electron chi connectivity index (χ3n) is 2.43. The number of rotatable bonds is 4.